The van der Waals surface area contributed by atoms with Crippen LogP contribution in [0.4, 0.5) is 5.82 Å². The first kappa shape index (κ1) is 12.8. The molecule has 0 aliphatic carbocycles. The van der Waals surface area contributed by atoms with Crippen LogP contribution in [0.25, 0.3) is 11.4 Å². The third kappa shape index (κ3) is 2.59. The van der Waals surface area contributed by atoms with Gasteiger partial charge >= 0.3 is 0 Å². The van der Waals surface area contributed by atoms with E-state index in [9.17, 15) is 0 Å². The molecule has 2 aromatic rings. The maximum Gasteiger partial charge on any atom is 0.163 e. The summed E-state index contributed by atoms with van der Waals surface area (Å²) in [6.45, 7) is 5.23. The lowest BCUT2D eigenvalue weighted by molar-refractivity contribution is 0.122. The first-order chi connectivity index (χ1) is 9.25. The van der Waals surface area contributed by atoms with E-state index >= 15 is 0 Å². The smallest absolute Gasteiger partial charge is 0.163 e. The quantitative estimate of drug-likeness (QED) is 0.854. The third-order valence-electron chi connectivity index (χ3n) is 3.12. The van der Waals surface area contributed by atoms with Gasteiger partial charge in [0, 0.05) is 35.1 Å². The van der Waals surface area contributed by atoms with Crippen LogP contribution >= 0.6 is 22.9 Å². The highest BCUT2D eigenvalue weighted by Gasteiger charge is 2.15. The SMILES string of the molecule is Cc1scc(-c2nccc(N3CCOCC3)n2)c1Cl. The van der Waals surface area contributed by atoms with Gasteiger partial charge in [0.05, 0.1) is 18.2 Å². The van der Waals surface area contributed by atoms with Gasteiger partial charge in [-0.05, 0) is 13.0 Å². The van der Waals surface area contributed by atoms with E-state index < -0.39 is 0 Å². The number of morpholine rings is 1. The zero-order valence-corrected chi connectivity index (χ0v) is 12.2. The molecule has 0 amide bonds. The fourth-order valence-electron chi connectivity index (χ4n) is 2.04. The van der Waals surface area contributed by atoms with Crippen molar-refractivity contribution in [3.8, 4) is 11.4 Å². The number of nitrogens with zero attached hydrogens (tertiary/aromatic N) is 3. The van der Waals surface area contributed by atoms with Crippen molar-refractivity contribution in [1.29, 1.82) is 0 Å². The molecule has 0 aromatic carbocycles. The molecule has 1 fully saturated rings. The van der Waals surface area contributed by atoms with E-state index in [0.29, 0.717) is 5.82 Å². The fraction of sp³-hybridized carbons (Fsp3) is 0.385. The van der Waals surface area contributed by atoms with Crippen LogP contribution < -0.4 is 4.90 Å². The topological polar surface area (TPSA) is 38.2 Å². The highest BCUT2D eigenvalue weighted by atomic mass is 35.5. The molecule has 0 unspecified atom stereocenters. The first-order valence-corrected chi connectivity index (χ1v) is 7.41. The summed E-state index contributed by atoms with van der Waals surface area (Å²) in [6, 6.07) is 1.93. The van der Waals surface area contributed by atoms with E-state index in [1.54, 1.807) is 17.5 Å². The molecule has 0 N–H and O–H groups in total. The van der Waals surface area contributed by atoms with Crippen LogP contribution in [0.3, 0.4) is 0 Å². The Morgan fingerprint density at radius 3 is 2.84 bits per heavy atom. The number of hydrogen-bond acceptors (Lipinski definition) is 5. The molecular weight excluding hydrogens is 282 g/mol. The second-order valence-electron chi connectivity index (χ2n) is 4.36. The van der Waals surface area contributed by atoms with Gasteiger partial charge < -0.3 is 9.64 Å². The van der Waals surface area contributed by atoms with Crippen LogP contribution in [0.2, 0.25) is 5.02 Å². The molecule has 0 spiro atoms. The molecule has 19 heavy (non-hydrogen) atoms. The number of ether oxygens (including phenoxy) is 1. The number of hydrogen-bond donors (Lipinski definition) is 0. The predicted molar refractivity (Wildman–Crippen MR) is 78.1 cm³/mol. The summed E-state index contributed by atoms with van der Waals surface area (Å²) >= 11 is 7.90. The van der Waals surface area contributed by atoms with E-state index in [1.165, 1.54) is 0 Å². The number of rotatable bonds is 2. The Hall–Kier alpha value is -1.17. The Kier molecular flexibility index (Phi) is 3.68. The second-order valence-corrected chi connectivity index (χ2v) is 5.82. The lowest BCUT2D eigenvalue weighted by Crippen LogP contribution is -2.36. The van der Waals surface area contributed by atoms with Crippen LogP contribution in [0, 0.1) is 6.92 Å². The molecule has 2 aromatic heterocycles. The molecule has 4 nitrogen and oxygen atoms in total. The van der Waals surface area contributed by atoms with Gasteiger partial charge in [0.15, 0.2) is 5.82 Å². The molecule has 1 saturated heterocycles. The lowest BCUT2D eigenvalue weighted by Gasteiger charge is -2.27. The Morgan fingerprint density at radius 1 is 1.37 bits per heavy atom. The van der Waals surface area contributed by atoms with Crippen LogP contribution in [0.5, 0.6) is 0 Å². The van der Waals surface area contributed by atoms with Gasteiger partial charge in [-0.2, -0.15) is 0 Å². The molecule has 0 saturated carbocycles. The first-order valence-electron chi connectivity index (χ1n) is 6.15. The minimum Gasteiger partial charge on any atom is -0.378 e. The van der Waals surface area contributed by atoms with E-state index in [1.807, 2.05) is 18.4 Å². The van der Waals surface area contributed by atoms with E-state index in [0.717, 1.165) is 47.6 Å². The van der Waals surface area contributed by atoms with Crippen LogP contribution in [0.15, 0.2) is 17.6 Å². The molecule has 100 valence electrons. The van der Waals surface area contributed by atoms with E-state index in [4.69, 9.17) is 16.3 Å². The molecule has 3 rings (SSSR count). The highest BCUT2D eigenvalue weighted by molar-refractivity contribution is 7.11. The minimum absolute atomic E-state index is 0.693. The number of anilines is 1. The van der Waals surface area contributed by atoms with Crippen LogP contribution in [-0.4, -0.2) is 36.3 Å². The fourth-order valence-corrected chi connectivity index (χ4v) is 3.11. The maximum absolute atomic E-state index is 6.28. The Labute approximate surface area is 121 Å². The summed E-state index contributed by atoms with van der Waals surface area (Å²) < 4.78 is 5.35. The van der Waals surface area contributed by atoms with Gasteiger partial charge in [-0.1, -0.05) is 11.6 Å². The van der Waals surface area contributed by atoms with Crippen LogP contribution in [0.1, 0.15) is 4.88 Å². The van der Waals surface area contributed by atoms with Crippen molar-refractivity contribution >= 4 is 28.8 Å². The summed E-state index contributed by atoms with van der Waals surface area (Å²) in [6.07, 6.45) is 1.79. The highest BCUT2D eigenvalue weighted by Crippen LogP contribution is 2.33. The third-order valence-corrected chi connectivity index (χ3v) is 4.63. The Bertz CT molecular complexity index is 581. The molecule has 1 aliphatic rings. The van der Waals surface area contributed by atoms with Crippen molar-refractivity contribution in [3.63, 3.8) is 0 Å². The second kappa shape index (κ2) is 5.45. The van der Waals surface area contributed by atoms with Crippen molar-refractivity contribution in [1.82, 2.24) is 9.97 Å². The zero-order chi connectivity index (χ0) is 13.2. The molecule has 0 radical (unpaired) electrons. The van der Waals surface area contributed by atoms with Gasteiger partial charge in [0.25, 0.3) is 0 Å². The van der Waals surface area contributed by atoms with E-state index in [-0.39, 0.29) is 0 Å². The number of halogens is 1. The summed E-state index contributed by atoms with van der Waals surface area (Å²) in [5, 5.41) is 2.76. The van der Waals surface area contributed by atoms with Crippen LogP contribution in [-0.2, 0) is 4.74 Å². The predicted octanol–water partition coefficient (Wildman–Crippen LogP) is 3.00. The van der Waals surface area contributed by atoms with Crippen molar-refractivity contribution in [3.05, 3.63) is 27.5 Å². The summed E-state index contributed by atoms with van der Waals surface area (Å²) in [4.78, 5) is 12.3. The Balaban J connectivity index is 1.93. The standard InChI is InChI=1S/C13H14ClN3OS/c1-9-12(14)10(8-19-9)13-15-3-2-11(16-13)17-4-6-18-7-5-17/h2-3,8H,4-7H2,1H3. The molecule has 6 heteroatoms. The number of aryl methyl sites for hydroxylation is 1. The average molecular weight is 296 g/mol. The molecular formula is C13H14ClN3OS. The van der Waals surface area contributed by atoms with Gasteiger partial charge in [0.2, 0.25) is 0 Å². The molecule has 3 heterocycles. The minimum atomic E-state index is 0.693. The maximum atomic E-state index is 6.28. The van der Waals surface area contributed by atoms with Gasteiger partial charge in [-0.3, -0.25) is 0 Å². The van der Waals surface area contributed by atoms with E-state index in [2.05, 4.69) is 14.9 Å². The molecule has 0 bridgehead atoms. The molecule has 1 aliphatic heterocycles. The van der Waals surface area contributed by atoms with Crippen molar-refractivity contribution in [2.24, 2.45) is 0 Å². The van der Waals surface area contributed by atoms with Gasteiger partial charge in [-0.15, -0.1) is 11.3 Å². The largest absolute Gasteiger partial charge is 0.378 e. The molecule has 0 atom stereocenters. The number of thiophene rings is 1. The van der Waals surface area contributed by atoms with Crippen molar-refractivity contribution in [2.45, 2.75) is 6.92 Å². The van der Waals surface area contributed by atoms with Gasteiger partial charge in [0.1, 0.15) is 5.82 Å². The zero-order valence-electron chi connectivity index (χ0n) is 10.6. The van der Waals surface area contributed by atoms with Gasteiger partial charge in [-0.25, -0.2) is 9.97 Å². The monoisotopic (exact) mass is 295 g/mol. The summed E-state index contributed by atoms with van der Waals surface area (Å²) in [5.74, 6) is 1.63. The summed E-state index contributed by atoms with van der Waals surface area (Å²) in [5.41, 5.74) is 0.916. The number of aromatic nitrogens is 2. The van der Waals surface area contributed by atoms with Crippen molar-refractivity contribution in [2.75, 3.05) is 31.2 Å². The van der Waals surface area contributed by atoms with Crippen molar-refractivity contribution < 1.29 is 4.74 Å². The average Bonchev–Trinajstić information content (AvgIpc) is 2.80. The normalized spacial score (nSPS) is 15.8. The summed E-state index contributed by atoms with van der Waals surface area (Å²) in [7, 11) is 0. The lowest BCUT2D eigenvalue weighted by atomic mass is 10.3. The Morgan fingerprint density at radius 2 is 2.16 bits per heavy atom.